The number of ether oxygens (including phenoxy) is 3. The van der Waals surface area contributed by atoms with Gasteiger partial charge in [-0.1, -0.05) is 59.6 Å². The lowest BCUT2D eigenvalue weighted by Crippen LogP contribution is -2.44. The predicted octanol–water partition coefficient (Wildman–Crippen LogP) is 5.12. The van der Waals surface area contributed by atoms with Crippen molar-refractivity contribution in [3.8, 4) is 22.6 Å². The van der Waals surface area contributed by atoms with Crippen LogP contribution in [0.25, 0.3) is 11.1 Å². The van der Waals surface area contributed by atoms with Gasteiger partial charge in [0.25, 0.3) is 5.91 Å². The molecule has 0 bridgehead atoms. The van der Waals surface area contributed by atoms with Crippen LogP contribution in [0.15, 0.2) is 60.7 Å². The average molecular weight is 545 g/mol. The van der Waals surface area contributed by atoms with E-state index in [0.29, 0.717) is 18.0 Å². The molecule has 0 saturated heterocycles. The number of carbonyl (C=O) groups excluding carboxylic acids is 2. The number of hydrogen-bond donors (Lipinski definition) is 1. The number of likely N-dealkylation sites (N-methyl/N-ethyl adjacent to an activating group) is 1. The van der Waals surface area contributed by atoms with Gasteiger partial charge in [0, 0.05) is 13.0 Å². The van der Waals surface area contributed by atoms with Crippen molar-refractivity contribution < 1.29 is 23.8 Å². The van der Waals surface area contributed by atoms with E-state index in [-0.39, 0.29) is 28.6 Å². The Balaban J connectivity index is 1.85. The van der Waals surface area contributed by atoms with Crippen LogP contribution in [0.1, 0.15) is 15.9 Å². The van der Waals surface area contributed by atoms with Crippen LogP contribution in [0.4, 0.5) is 0 Å². The van der Waals surface area contributed by atoms with Crippen LogP contribution < -0.4 is 14.8 Å². The maximum Gasteiger partial charge on any atom is 0.329 e. The number of halogens is 2. The number of nitrogens with one attached hydrogen (secondary N) is 1. The van der Waals surface area contributed by atoms with Crippen molar-refractivity contribution in [3.05, 3.63) is 81.8 Å². The molecule has 0 fully saturated rings. The molecule has 3 aromatic rings. The van der Waals surface area contributed by atoms with Gasteiger partial charge in [0.2, 0.25) is 0 Å². The van der Waals surface area contributed by atoms with E-state index in [1.54, 1.807) is 32.4 Å². The van der Waals surface area contributed by atoms with Gasteiger partial charge in [-0.05, 0) is 49.5 Å². The highest BCUT2D eigenvalue weighted by Crippen LogP contribution is 2.38. The van der Waals surface area contributed by atoms with Gasteiger partial charge in [0.1, 0.15) is 24.1 Å². The summed E-state index contributed by atoms with van der Waals surface area (Å²) in [4.78, 5) is 27.9. The van der Waals surface area contributed by atoms with Crippen LogP contribution in [0.3, 0.4) is 0 Å². The first kappa shape index (κ1) is 28.3. The first-order valence-electron chi connectivity index (χ1n) is 11.6. The Labute approximate surface area is 227 Å². The Bertz CT molecular complexity index is 1190. The molecule has 0 aliphatic heterocycles. The van der Waals surface area contributed by atoms with E-state index in [9.17, 15) is 9.59 Å². The summed E-state index contributed by atoms with van der Waals surface area (Å²) in [5.74, 6) is 0.256. The largest absolute Gasteiger partial charge is 0.496 e. The topological polar surface area (TPSA) is 77.1 Å². The normalized spacial score (nSPS) is 11.6. The molecule has 0 aliphatic carbocycles. The van der Waals surface area contributed by atoms with Crippen LogP contribution in [-0.2, 0) is 16.0 Å². The number of esters is 1. The Kier molecular flexibility index (Phi) is 10.2. The van der Waals surface area contributed by atoms with E-state index in [1.807, 2.05) is 61.5 Å². The van der Waals surface area contributed by atoms with Crippen molar-refractivity contribution in [2.24, 2.45) is 0 Å². The zero-order chi connectivity index (χ0) is 26.9. The van der Waals surface area contributed by atoms with Gasteiger partial charge in [-0.2, -0.15) is 0 Å². The van der Waals surface area contributed by atoms with E-state index in [2.05, 4.69) is 5.32 Å². The minimum absolute atomic E-state index is 0.107. The van der Waals surface area contributed by atoms with Gasteiger partial charge in [-0.3, -0.25) is 4.79 Å². The van der Waals surface area contributed by atoms with Gasteiger partial charge in [0.15, 0.2) is 0 Å². The molecule has 1 amide bonds. The quantitative estimate of drug-likeness (QED) is 0.337. The molecule has 196 valence electrons. The summed E-state index contributed by atoms with van der Waals surface area (Å²) in [6.07, 6.45) is 0.206. The van der Waals surface area contributed by atoms with E-state index in [4.69, 9.17) is 37.4 Å². The summed E-state index contributed by atoms with van der Waals surface area (Å²) in [5, 5.41) is 3.14. The number of amides is 1. The van der Waals surface area contributed by atoms with Gasteiger partial charge < -0.3 is 24.4 Å². The summed E-state index contributed by atoms with van der Waals surface area (Å²) in [6.45, 7) is 0.746. The molecule has 0 heterocycles. The summed E-state index contributed by atoms with van der Waals surface area (Å²) in [7, 11) is 6.97. The molecule has 0 saturated carbocycles. The second kappa shape index (κ2) is 13.3. The number of rotatable bonds is 11. The monoisotopic (exact) mass is 544 g/mol. The van der Waals surface area contributed by atoms with Gasteiger partial charge >= 0.3 is 5.97 Å². The highest BCUT2D eigenvalue weighted by Gasteiger charge is 2.26. The zero-order valence-electron chi connectivity index (χ0n) is 21.2. The Morgan fingerprint density at radius 2 is 1.46 bits per heavy atom. The number of methoxy groups -OCH3 is 2. The van der Waals surface area contributed by atoms with Crippen LogP contribution in [-0.4, -0.2) is 64.3 Å². The van der Waals surface area contributed by atoms with Crippen molar-refractivity contribution in [3.63, 3.8) is 0 Å². The molecule has 0 radical (unpaired) electrons. The third-order valence-electron chi connectivity index (χ3n) is 5.67. The SMILES string of the molecule is COc1cccc(OC)c1-c1ccc(C[C@H](NC(=O)c2c(Cl)cccc2Cl)C(=O)OCCN(C)C)cc1. The molecule has 7 nitrogen and oxygen atoms in total. The maximum absolute atomic E-state index is 13.0. The Morgan fingerprint density at radius 3 is 2.00 bits per heavy atom. The molecule has 0 spiro atoms. The fraction of sp³-hybridized carbons (Fsp3) is 0.286. The molecule has 3 rings (SSSR count). The zero-order valence-corrected chi connectivity index (χ0v) is 22.7. The standard InChI is InChI=1S/C28H30Cl2N2O5/c1-32(2)15-16-37-28(34)22(31-27(33)26-20(29)7-5-8-21(26)30)17-18-11-13-19(14-12-18)25-23(35-3)9-6-10-24(25)36-4/h5-14,22H,15-17H2,1-4H3,(H,31,33)/t22-/m0/s1. The molecule has 37 heavy (non-hydrogen) atoms. The highest BCUT2D eigenvalue weighted by atomic mass is 35.5. The highest BCUT2D eigenvalue weighted by molar-refractivity contribution is 6.39. The molecule has 0 aromatic heterocycles. The smallest absolute Gasteiger partial charge is 0.329 e. The molecular weight excluding hydrogens is 515 g/mol. The number of nitrogens with zero attached hydrogens (tertiary/aromatic N) is 1. The first-order valence-corrected chi connectivity index (χ1v) is 12.4. The maximum atomic E-state index is 13.0. The number of carbonyl (C=O) groups is 2. The number of hydrogen-bond acceptors (Lipinski definition) is 6. The predicted molar refractivity (Wildman–Crippen MR) is 146 cm³/mol. The van der Waals surface area contributed by atoms with Crippen molar-refractivity contribution in [2.75, 3.05) is 41.5 Å². The van der Waals surface area contributed by atoms with Crippen molar-refractivity contribution in [1.29, 1.82) is 0 Å². The minimum Gasteiger partial charge on any atom is -0.496 e. The van der Waals surface area contributed by atoms with Gasteiger partial charge in [-0.25, -0.2) is 4.79 Å². The molecule has 3 aromatic carbocycles. The summed E-state index contributed by atoms with van der Waals surface area (Å²) >= 11 is 12.4. The average Bonchev–Trinajstić information content (AvgIpc) is 2.87. The molecule has 0 aliphatic rings. The second-order valence-electron chi connectivity index (χ2n) is 8.53. The minimum atomic E-state index is -0.950. The van der Waals surface area contributed by atoms with Crippen LogP contribution in [0, 0.1) is 0 Å². The summed E-state index contributed by atoms with van der Waals surface area (Å²) in [6, 6.07) is 17.0. The molecule has 9 heteroatoms. The lowest BCUT2D eigenvalue weighted by atomic mass is 9.99. The summed E-state index contributed by atoms with van der Waals surface area (Å²) in [5.41, 5.74) is 2.63. The molecule has 0 unspecified atom stereocenters. The van der Waals surface area contributed by atoms with E-state index in [0.717, 1.165) is 16.7 Å². The number of benzene rings is 3. The third-order valence-corrected chi connectivity index (χ3v) is 6.30. The fourth-order valence-corrected chi connectivity index (χ4v) is 4.32. The Morgan fingerprint density at radius 1 is 0.892 bits per heavy atom. The van der Waals surface area contributed by atoms with Crippen molar-refractivity contribution in [1.82, 2.24) is 10.2 Å². The van der Waals surface area contributed by atoms with Crippen molar-refractivity contribution >= 4 is 35.1 Å². The lowest BCUT2D eigenvalue weighted by molar-refractivity contribution is -0.146. The third kappa shape index (κ3) is 7.38. The molecule has 1 atom stereocenters. The van der Waals surface area contributed by atoms with Crippen molar-refractivity contribution in [2.45, 2.75) is 12.5 Å². The van der Waals surface area contributed by atoms with Crippen LogP contribution in [0.2, 0.25) is 10.0 Å². The van der Waals surface area contributed by atoms with E-state index >= 15 is 0 Å². The first-order chi connectivity index (χ1) is 17.7. The van der Waals surface area contributed by atoms with E-state index in [1.165, 1.54) is 0 Å². The second-order valence-corrected chi connectivity index (χ2v) is 9.35. The Hall–Kier alpha value is -3.26. The van der Waals surface area contributed by atoms with Crippen LogP contribution in [0.5, 0.6) is 11.5 Å². The van der Waals surface area contributed by atoms with E-state index < -0.39 is 17.9 Å². The fourth-order valence-electron chi connectivity index (χ4n) is 3.75. The lowest BCUT2D eigenvalue weighted by Gasteiger charge is -2.20. The summed E-state index contributed by atoms with van der Waals surface area (Å²) < 4.78 is 16.5. The molecular formula is C28H30Cl2N2O5. The van der Waals surface area contributed by atoms with Gasteiger partial charge in [-0.15, -0.1) is 0 Å². The van der Waals surface area contributed by atoms with Gasteiger partial charge in [0.05, 0.1) is 35.4 Å². The molecule has 1 N–H and O–H groups in total. The van der Waals surface area contributed by atoms with Crippen LogP contribution >= 0.6 is 23.2 Å².